The highest BCUT2D eigenvalue weighted by atomic mass is 35.5. The smallest absolute Gasteiger partial charge is 0.0631 e. The third-order valence-electron chi connectivity index (χ3n) is 3.44. The number of halogens is 1. The molecule has 1 aliphatic rings. The normalized spacial score (nSPS) is 15.2. The van der Waals surface area contributed by atoms with Crippen LogP contribution in [0, 0.1) is 0 Å². The lowest BCUT2D eigenvalue weighted by molar-refractivity contribution is 0.278. The second-order valence-electron chi connectivity index (χ2n) is 4.71. The van der Waals surface area contributed by atoms with Crippen LogP contribution in [0.15, 0.2) is 42.7 Å². The average molecular weight is 276 g/mol. The minimum Gasteiger partial charge on any atom is -0.298 e. The molecule has 0 fully saturated rings. The van der Waals surface area contributed by atoms with Gasteiger partial charge in [0.15, 0.2) is 0 Å². The lowest BCUT2D eigenvalue weighted by atomic mass is 10.2. The van der Waals surface area contributed by atoms with Gasteiger partial charge in [0.1, 0.15) is 0 Å². The van der Waals surface area contributed by atoms with E-state index in [0.29, 0.717) is 0 Å². The summed E-state index contributed by atoms with van der Waals surface area (Å²) in [6.07, 6.45) is 5.61. The van der Waals surface area contributed by atoms with E-state index in [1.54, 1.807) is 12.4 Å². The summed E-state index contributed by atoms with van der Waals surface area (Å²) in [5, 5.41) is 0. The van der Waals surface area contributed by atoms with E-state index in [9.17, 15) is 0 Å². The molecule has 2 heterocycles. The molecule has 0 N–H and O–H groups in total. The first kappa shape index (κ1) is 14.0. The molecule has 0 atom stereocenters. The fourth-order valence-corrected chi connectivity index (χ4v) is 2.45. The molecule has 0 bridgehead atoms. The maximum atomic E-state index is 4.43. The highest BCUT2D eigenvalue weighted by Gasteiger charge is 2.15. The van der Waals surface area contributed by atoms with Gasteiger partial charge in [-0.3, -0.25) is 14.9 Å². The van der Waals surface area contributed by atoms with Crippen LogP contribution in [0.3, 0.4) is 0 Å². The summed E-state index contributed by atoms with van der Waals surface area (Å²) in [5.74, 6) is 0. The third-order valence-corrected chi connectivity index (χ3v) is 3.44. The number of rotatable bonds is 2. The molecule has 0 unspecified atom stereocenters. The van der Waals surface area contributed by atoms with Crippen molar-refractivity contribution in [2.24, 2.45) is 0 Å². The second kappa shape index (κ2) is 6.64. The Hall–Kier alpha value is -1.45. The van der Waals surface area contributed by atoms with E-state index >= 15 is 0 Å². The number of nitrogens with zero attached hydrogens (tertiary/aromatic N) is 3. The van der Waals surface area contributed by atoms with Crippen molar-refractivity contribution in [3.63, 3.8) is 0 Å². The van der Waals surface area contributed by atoms with E-state index in [0.717, 1.165) is 32.5 Å². The molecular weight excluding hydrogens is 258 g/mol. The number of hydrogen-bond donors (Lipinski definition) is 0. The molecule has 3 rings (SSSR count). The van der Waals surface area contributed by atoms with E-state index in [1.165, 1.54) is 17.0 Å². The Kier molecular flexibility index (Phi) is 4.88. The zero-order chi connectivity index (χ0) is 12.2. The third kappa shape index (κ3) is 3.52. The Morgan fingerprint density at radius 3 is 2.05 bits per heavy atom. The molecular formula is C15H18ClN3. The van der Waals surface area contributed by atoms with Gasteiger partial charge in [0.25, 0.3) is 0 Å². The highest BCUT2D eigenvalue weighted by Crippen LogP contribution is 2.13. The molecule has 0 amide bonds. The number of hydrogen-bond acceptors (Lipinski definition) is 3. The summed E-state index contributed by atoms with van der Waals surface area (Å²) in [5.41, 5.74) is 3.73. The van der Waals surface area contributed by atoms with Crippen molar-refractivity contribution in [2.45, 2.75) is 19.4 Å². The molecule has 0 saturated heterocycles. The van der Waals surface area contributed by atoms with Gasteiger partial charge in [0.05, 0.1) is 11.4 Å². The van der Waals surface area contributed by atoms with Crippen molar-refractivity contribution in [3.8, 4) is 0 Å². The first-order chi connectivity index (χ1) is 8.92. The van der Waals surface area contributed by atoms with E-state index in [-0.39, 0.29) is 12.4 Å². The minimum atomic E-state index is 0. The summed E-state index contributed by atoms with van der Waals surface area (Å²) in [4.78, 5) is 11.3. The van der Waals surface area contributed by atoms with Gasteiger partial charge >= 0.3 is 0 Å². The van der Waals surface area contributed by atoms with Gasteiger partial charge in [0, 0.05) is 44.9 Å². The van der Waals surface area contributed by atoms with Crippen LogP contribution in [0.25, 0.3) is 0 Å². The highest BCUT2D eigenvalue weighted by molar-refractivity contribution is 5.85. The molecule has 1 aromatic carbocycles. The Balaban J connectivity index is 0.00000133. The quantitative estimate of drug-likeness (QED) is 0.843. The zero-order valence-corrected chi connectivity index (χ0v) is 11.6. The topological polar surface area (TPSA) is 29.0 Å². The van der Waals surface area contributed by atoms with E-state index in [2.05, 4.69) is 45.2 Å². The molecule has 0 aliphatic carbocycles. The number of benzene rings is 1. The summed E-state index contributed by atoms with van der Waals surface area (Å²) >= 11 is 0. The predicted octanol–water partition coefficient (Wildman–Crippen LogP) is 2.50. The summed E-state index contributed by atoms with van der Waals surface area (Å²) < 4.78 is 0. The molecule has 2 aromatic rings. The maximum absolute atomic E-state index is 4.43. The first-order valence-electron chi connectivity index (χ1n) is 6.47. The van der Waals surface area contributed by atoms with Gasteiger partial charge < -0.3 is 0 Å². The van der Waals surface area contributed by atoms with Gasteiger partial charge in [-0.25, -0.2) is 0 Å². The predicted molar refractivity (Wildman–Crippen MR) is 78.4 cm³/mol. The van der Waals surface area contributed by atoms with Crippen LogP contribution >= 0.6 is 12.4 Å². The van der Waals surface area contributed by atoms with Crippen LogP contribution in [0.5, 0.6) is 0 Å². The fraction of sp³-hybridized carbons (Fsp3) is 0.333. The molecule has 4 heteroatoms. The molecule has 1 aliphatic heterocycles. The zero-order valence-electron chi connectivity index (χ0n) is 10.8. The molecule has 0 radical (unpaired) electrons. The van der Waals surface area contributed by atoms with Crippen molar-refractivity contribution in [2.75, 3.05) is 13.1 Å². The van der Waals surface area contributed by atoms with Crippen molar-refractivity contribution in [1.29, 1.82) is 0 Å². The second-order valence-corrected chi connectivity index (χ2v) is 4.71. The Labute approximate surface area is 120 Å². The van der Waals surface area contributed by atoms with Gasteiger partial charge in [0.2, 0.25) is 0 Å². The Morgan fingerprint density at radius 2 is 1.47 bits per heavy atom. The van der Waals surface area contributed by atoms with E-state index < -0.39 is 0 Å². The van der Waals surface area contributed by atoms with Gasteiger partial charge in [-0.15, -0.1) is 12.4 Å². The summed E-state index contributed by atoms with van der Waals surface area (Å²) in [7, 11) is 0. The van der Waals surface area contributed by atoms with Gasteiger partial charge in [-0.1, -0.05) is 30.3 Å². The Bertz CT molecular complexity index is 489. The molecule has 0 saturated carbocycles. The number of fused-ring (bicyclic) bond motifs is 1. The van der Waals surface area contributed by atoms with Crippen molar-refractivity contribution in [3.05, 3.63) is 59.7 Å². The lowest BCUT2D eigenvalue weighted by Gasteiger charge is -2.19. The van der Waals surface area contributed by atoms with Crippen molar-refractivity contribution >= 4 is 12.4 Å². The van der Waals surface area contributed by atoms with Crippen LogP contribution in [0.1, 0.15) is 17.0 Å². The van der Waals surface area contributed by atoms with Gasteiger partial charge in [-0.05, 0) is 5.56 Å². The molecule has 1 aromatic heterocycles. The first-order valence-corrected chi connectivity index (χ1v) is 6.47. The van der Waals surface area contributed by atoms with Crippen LogP contribution < -0.4 is 0 Å². The SMILES string of the molecule is Cl.c1ccc(CN2CCc3nccnc3CC2)cc1. The molecule has 0 spiro atoms. The lowest BCUT2D eigenvalue weighted by Crippen LogP contribution is -2.25. The van der Waals surface area contributed by atoms with Crippen molar-refractivity contribution < 1.29 is 0 Å². The number of aromatic nitrogens is 2. The van der Waals surface area contributed by atoms with E-state index in [1.807, 2.05) is 0 Å². The van der Waals surface area contributed by atoms with E-state index in [4.69, 9.17) is 0 Å². The van der Waals surface area contributed by atoms with Crippen LogP contribution in [0.2, 0.25) is 0 Å². The average Bonchev–Trinajstić information content (AvgIpc) is 2.63. The Morgan fingerprint density at radius 1 is 0.895 bits per heavy atom. The fourth-order valence-electron chi connectivity index (χ4n) is 2.45. The van der Waals surface area contributed by atoms with Crippen LogP contribution in [-0.2, 0) is 19.4 Å². The summed E-state index contributed by atoms with van der Waals surface area (Å²) in [6.45, 7) is 3.16. The minimum absolute atomic E-state index is 0. The molecule has 3 nitrogen and oxygen atoms in total. The standard InChI is InChI=1S/C15H17N3.ClH/c1-2-4-13(5-3-1)12-18-10-6-14-15(7-11-18)17-9-8-16-14;/h1-5,8-9H,6-7,10-12H2;1H. The van der Waals surface area contributed by atoms with Gasteiger partial charge in [-0.2, -0.15) is 0 Å². The largest absolute Gasteiger partial charge is 0.298 e. The monoisotopic (exact) mass is 275 g/mol. The van der Waals surface area contributed by atoms with Crippen molar-refractivity contribution in [1.82, 2.24) is 14.9 Å². The maximum Gasteiger partial charge on any atom is 0.0631 e. The van der Waals surface area contributed by atoms with Crippen LogP contribution in [-0.4, -0.2) is 28.0 Å². The van der Waals surface area contributed by atoms with Crippen LogP contribution in [0.4, 0.5) is 0 Å². The summed E-state index contributed by atoms with van der Waals surface area (Å²) in [6, 6.07) is 10.6. The molecule has 19 heavy (non-hydrogen) atoms. The molecule has 100 valence electrons.